The Morgan fingerprint density at radius 3 is 2.57 bits per heavy atom. The van der Waals surface area contributed by atoms with E-state index in [2.05, 4.69) is 40.5 Å². The topological polar surface area (TPSA) is 163 Å². The van der Waals surface area contributed by atoms with Gasteiger partial charge in [0.25, 0.3) is 0 Å². The van der Waals surface area contributed by atoms with Gasteiger partial charge in [-0.05, 0) is 19.8 Å². The van der Waals surface area contributed by atoms with Crippen LogP contribution in [0.2, 0.25) is 0 Å². The van der Waals surface area contributed by atoms with E-state index in [1.165, 1.54) is 24.0 Å². The number of nitrogens with zero attached hydrogens (tertiary/aromatic N) is 8. The summed E-state index contributed by atoms with van der Waals surface area (Å²) < 4.78 is 82.7. The lowest BCUT2D eigenvalue weighted by molar-refractivity contribution is -0.158. The van der Waals surface area contributed by atoms with Gasteiger partial charge in [0, 0.05) is 6.42 Å². The van der Waals surface area contributed by atoms with Crippen molar-refractivity contribution < 1.29 is 35.6 Å². The number of amides is 1. The normalized spacial score (nSPS) is 17.9. The average molecular weight is 528 g/mol. The number of carbonyl (C=O) groups is 1. The maximum absolute atomic E-state index is 13.0. The van der Waals surface area contributed by atoms with E-state index in [0.29, 0.717) is 0 Å². The molecule has 0 aliphatic carbocycles. The Balaban J connectivity index is 1.55. The van der Waals surface area contributed by atoms with E-state index in [0.717, 1.165) is 0 Å². The van der Waals surface area contributed by atoms with E-state index in [4.69, 9.17) is 10.2 Å². The Morgan fingerprint density at radius 1 is 1.14 bits per heavy atom. The molecule has 1 atom stereocenters. The fourth-order valence-corrected chi connectivity index (χ4v) is 3.89. The summed E-state index contributed by atoms with van der Waals surface area (Å²) in [4.78, 5) is 29.5. The summed E-state index contributed by atoms with van der Waals surface area (Å²) in [5.41, 5.74) is 4.55. The summed E-state index contributed by atoms with van der Waals surface area (Å²) in [7, 11) is 0. The van der Waals surface area contributed by atoms with Crippen LogP contribution >= 0.6 is 0 Å². The maximum atomic E-state index is 13.0. The summed E-state index contributed by atoms with van der Waals surface area (Å²) in [6.45, 7) is 1.22. The Kier molecular flexibility index (Phi) is 5.30. The van der Waals surface area contributed by atoms with Gasteiger partial charge in [-0.3, -0.25) is 4.79 Å². The van der Waals surface area contributed by atoms with Gasteiger partial charge in [-0.15, -0.1) is 10.2 Å². The molecule has 1 aliphatic heterocycles. The molecule has 5 rings (SSSR count). The molecule has 12 nitrogen and oxygen atoms in total. The molecular formula is C19H14F6N10O2. The second-order valence-corrected chi connectivity index (χ2v) is 8.22. The second kappa shape index (κ2) is 8.07. The van der Waals surface area contributed by atoms with E-state index in [1.54, 1.807) is 0 Å². The zero-order valence-electron chi connectivity index (χ0n) is 18.5. The molecule has 0 saturated heterocycles. The third-order valence-corrected chi connectivity index (χ3v) is 5.65. The Labute approximate surface area is 201 Å². The van der Waals surface area contributed by atoms with Crippen molar-refractivity contribution in [1.29, 1.82) is 0 Å². The van der Waals surface area contributed by atoms with Gasteiger partial charge in [0.05, 0.1) is 17.5 Å². The summed E-state index contributed by atoms with van der Waals surface area (Å²) in [6.07, 6.45) is -8.09. The molecule has 5 heterocycles. The van der Waals surface area contributed by atoms with Crippen LogP contribution in [0.4, 0.5) is 38.0 Å². The number of nitrogens with two attached hydrogens (primary N) is 1. The average Bonchev–Trinajstić information content (AvgIpc) is 3.51. The number of aromatic nitrogens is 8. The van der Waals surface area contributed by atoms with Crippen LogP contribution in [-0.2, 0) is 22.8 Å². The Morgan fingerprint density at radius 2 is 1.89 bits per heavy atom. The largest absolute Gasteiger partial charge is 0.470 e. The van der Waals surface area contributed by atoms with Crippen LogP contribution < -0.4 is 11.1 Å². The number of fused-ring (bicyclic) bond motifs is 2. The lowest BCUT2D eigenvalue weighted by atomic mass is 9.84. The van der Waals surface area contributed by atoms with Crippen molar-refractivity contribution in [3.8, 4) is 11.5 Å². The summed E-state index contributed by atoms with van der Waals surface area (Å²) >= 11 is 0. The first-order valence-corrected chi connectivity index (χ1v) is 10.4. The molecule has 0 bridgehead atoms. The van der Waals surface area contributed by atoms with Crippen molar-refractivity contribution >= 4 is 23.2 Å². The minimum atomic E-state index is -4.94. The van der Waals surface area contributed by atoms with Crippen LogP contribution in [0, 0.1) is 0 Å². The number of hydrogen-bond donors (Lipinski definition) is 2. The molecule has 3 N–H and O–H groups in total. The third-order valence-electron chi connectivity index (χ3n) is 5.65. The molecule has 0 spiro atoms. The first-order valence-electron chi connectivity index (χ1n) is 10.4. The number of halogens is 6. The summed E-state index contributed by atoms with van der Waals surface area (Å²) in [5, 5.41) is 12.7. The highest BCUT2D eigenvalue weighted by atomic mass is 19.4. The number of anilines is 2. The van der Waals surface area contributed by atoms with Crippen molar-refractivity contribution in [2.75, 3.05) is 11.1 Å². The fraction of sp³-hybridized carbons (Fsp3) is 0.368. The Bertz CT molecular complexity index is 1530. The Hall–Kier alpha value is -4.38. The zero-order chi connectivity index (χ0) is 26.8. The van der Waals surface area contributed by atoms with Crippen LogP contribution in [0.15, 0.2) is 16.9 Å². The monoisotopic (exact) mass is 528 g/mol. The van der Waals surface area contributed by atoms with Gasteiger partial charge in [0.15, 0.2) is 16.9 Å². The van der Waals surface area contributed by atoms with Gasteiger partial charge in [-0.25, -0.2) is 24.5 Å². The fourth-order valence-electron chi connectivity index (χ4n) is 3.89. The van der Waals surface area contributed by atoms with Crippen LogP contribution in [-0.4, -0.2) is 51.8 Å². The molecule has 18 heteroatoms. The van der Waals surface area contributed by atoms with E-state index >= 15 is 0 Å². The van der Waals surface area contributed by atoms with Gasteiger partial charge in [-0.2, -0.15) is 31.4 Å². The highest BCUT2D eigenvalue weighted by Gasteiger charge is 2.53. The molecule has 4 aromatic rings. The first kappa shape index (κ1) is 24.3. The second-order valence-electron chi connectivity index (χ2n) is 8.22. The number of alkyl halides is 6. The van der Waals surface area contributed by atoms with Gasteiger partial charge < -0.3 is 15.5 Å². The van der Waals surface area contributed by atoms with Gasteiger partial charge in [0.2, 0.25) is 11.8 Å². The lowest BCUT2D eigenvalue weighted by Gasteiger charge is -2.18. The lowest BCUT2D eigenvalue weighted by Crippen LogP contribution is -2.33. The SMILES string of the molecule is CC1(c2nnc(C(F)(F)F)o2)C(=O)Nc2nc(-c3cn4ncnc4c(CCCC(F)(F)F)n3)nc(N)c21. The molecule has 1 unspecified atom stereocenters. The van der Waals surface area contributed by atoms with Crippen molar-refractivity contribution in [3.63, 3.8) is 0 Å². The van der Waals surface area contributed by atoms with E-state index < -0.39 is 41.9 Å². The highest BCUT2D eigenvalue weighted by Crippen LogP contribution is 2.45. The minimum absolute atomic E-state index is 0.0505. The number of carbonyl (C=O) groups excluding carboxylic acids is 1. The number of aryl methyl sites for hydroxylation is 1. The summed E-state index contributed by atoms with van der Waals surface area (Å²) in [5.74, 6) is -3.73. The quantitative estimate of drug-likeness (QED) is 0.368. The van der Waals surface area contributed by atoms with Crippen LogP contribution in [0.5, 0.6) is 0 Å². The van der Waals surface area contributed by atoms with Crippen molar-refractivity contribution in [2.45, 2.75) is 44.0 Å². The molecule has 194 valence electrons. The number of nitrogen functional groups attached to an aromatic ring is 1. The maximum Gasteiger partial charge on any atom is 0.470 e. The van der Waals surface area contributed by atoms with Crippen LogP contribution in [0.1, 0.15) is 42.8 Å². The van der Waals surface area contributed by atoms with Gasteiger partial charge in [-0.1, -0.05) is 0 Å². The van der Waals surface area contributed by atoms with Gasteiger partial charge >= 0.3 is 18.2 Å². The van der Waals surface area contributed by atoms with Crippen molar-refractivity contribution in [3.05, 3.63) is 35.6 Å². The van der Waals surface area contributed by atoms with E-state index in [-0.39, 0.29) is 52.9 Å². The zero-order valence-corrected chi connectivity index (χ0v) is 18.5. The number of nitrogens with one attached hydrogen (secondary N) is 1. The van der Waals surface area contributed by atoms with E-state index in [1.807, 2.05) is 0 Å². The molecule has 4 aromatic heterocycles. The van der Waals surface area contributed by atoms with Crippen LogP contribution in [0.25, 0.3) is 17.2 Å². The molecule has 1 aliphatic rings. The molecule has 0 radical (unpaired) electrons. The third kappa shape index (κ3) is 4.16. The molecule has 0 saturated carbocycles. The smallest absolute Gasteiger partial charge is 0.416 e. The molecule has 0 fully saturated rings. The predicted octanol–water partition coefficient (Wildman–Crippen LogP) is 2.71. The first-order chi connectivity index (χ1) is 17.3. The van der Waals surface area contributed by atoms with Crippen molar-refractivity contribution in [2.24, 2.45) is 0 Å². The number of rotatable bonds is 5. The standard InChI is InChI=1S/C19H14F6N10O2/c1-17(15-33-34-16(37-15)19(23,24)25)9-10(26)30-11(31-12(9)32-14(17)36)8-5-35-13(27-6-28-35)7(29-8)3-2-4-18(20,21)22/h5-6H,2-4H2,1H3,(H3,26,30,31,32,36). The molecular weight excluding hydrogens is 514 g/mol. The van der Waals surface area contributed by atoms with Crippen molar-refractivity contribution in [1.82, 2.24) is 39.7 Å². The molecule has 37 heavy (non-hydrogen) atoms. The van der Waals surface area contributed by atoms with Gasteiger partial charge in [0.1, 0.15) is 23.7 Å². The van der Waals surface area contributed by atoms with Crippen LogP contribution in [0.3, 0.4) is 0 Å². The molecule has 1 amide bonds. The predicted molar refractivity (Wildman–Crippen MR) is 110 cm³/mol. The molecule has 0 aromatic carbocycles. The highest BCUT2D eigenvalue weighted by molar-refractivity contribution is 6.08. The number of hydrogen-bond acceptors (Lipinski definition) is 10. The summed E-state index contributed by atoms with van der Waals surface area (Å²) in [6, 6.07) is 0. The van der Waals surface area contributed by atoms with E-state index in [9.17, 15) is 31.1 Å². The minimum Gasteiger partial charge on any atom is -0.416 e.